The van der Waals surface area contributed by atoms with Crippen molar-refractivity contribution in [1.29, 1.82) is 0 Å². The average molecular weight is 262 g/mol. The van der Waals surface area contributed by atoms with Crippen LogP contribution in [0.5, 0.6) is 0 Å². The minimum atomic E-state index is 0.477. The molecule has 3 heteroatoms. The Kier molecular flexibility index (Phi) is 4.72. The SMILES string of the molecule is CC1CCCN(Cc2ccc(C(N)=S)cc2)CC1. The molecule has 98 valence electrons. The molecule has 18 heavy (non-hydrogen) atoms. The van der Waals surface area contributed by atoms with E-state index in [-0.39, 0.29) is 0 Å². The van der Waals surface area contributed by atoms with E-state index >= 15 is 0 Å². The Morgan fingerprint density at radius 2 is 2.00 bits per heavy atom. The van der Waals surface area contributed by atoms with Gasteiger partial charge in [-0.05, 0) is 43.8 Å². The van der Waals surface area contributed by atoms with Gasteiger partial charge in [-0.1, -0.05) is 43.4 Å². The largest absolute Gasteiger partial charge is 0.389 e. The molecule has 1 aliphatic rings. The van der Waals surface area contributed by atoms with Crippen molar-refractivity contribution in [3.8, 4) is 0 Å². The number of benzene rings is 1. The van der Waals surface area contributed by atoms with Gasteiger partial charge < -0.3 is 5.73 Å². The summed E-state index contributed by atoms with van der Waals surface area (Å²) in [6, 6.07) is 8.34. The van der Waals surface area contributed by atoms with Gasteiger partial charge >= 0.3 is 0 Å². The van der Waals surface area contributed by atoms with Crippen molar-refractivity contribution in [3.05, 3.63) is 35.4 Å². The van der Waals surface area contributed by atoms with E-state index in [4.69, 9.17) is 18.0 Å². The molecule has 1 heterocycles. The van der Waals surface area contributed by atoms with Crippen molar-refractivity contribution < 1.29 is 0 Å². The van der Waals surface area contributed by atoms with Crippen LogP contribution in [0.15, 0.2) is 24.3 Å². The van der Waals surface area contributed by atoms with Gasteiger partial charge in [0.05, 0.1) is 0 Å². The van der Waals surface area contributed by atoms with Gasteiger partial charge in [-0.3, -0.25) is 4.90 Å². The highest BCUT2D eigenvalue weighted by molar-refractivity contribution is 7.80. The topological polar surface area (TPSA) is 29.3 Å². The zero-order chi connectivity index (χ0) is 13.0. The van der Waals surface area contributed by atoms with Gasteiger partial charge in [-0.25, -0.2) is 0 Å². The normalized spacial score (nSPS) is 21.5. The summed E-state index contributed by atoms with van der Waals surface area (Å²) in [5, 5.41) is 0. The maximum absolute atomic E-state index is 5.61. The molecule has 1 aromatic rings. The molecule has 2 nitrogen and oxygen atoms in total. The second kappa shape index (κ2) is 6.30. The zero-order valence-corrected chi connectivity index (χ0v) is 11.9. The van der Waals surface area contributed by atoms with E-state index < -0.39 is 0 Å². The lowest BCUT2D eigenvalue weighted by molar-refractivity contribution is 0.273. The smallest absolute Gasteiger partial charge is 0.103 e. The summed E-state index contributed by atoms with van der Waals surface area (Å²) in [7, 11) is 0. The molecule has 1 aliphatic heterocycles. The Labute approximate surface area is 115 Å². The first-order chi connectivity index (χ1) is 8.65. The number of hydrogen-bond acceptors (Lipinski definition) is 2. The first-order valence-electron chi connectivity index (χ1n) is 6.76. The van der Waals surface area contributed by atoms with E-state index in [9.17, 15) is 0 Å². The minimum Gasteiger partial charge on any atom is -0.389 e. The molecule has 0 aromatic heterocycles. The van der Waals surface area contributed by atoms with Gasteiger partial charge in [0.1, 0.15) is 4.99 Å². The third-order valence-electron chi connectivity index (χ3n) is 3.75. The van der Waals surface area contributed by atoms with E-state index in [1.165, 1.54) is 37.9 Å². The Balaban J connectivity index is 1.94. The molecule has 0 saturated carbocycles. The molecule has 1 aromatic carbocycles. The second-order valence-corrected chi connectivity index (χ2v) is 5.81. The second-order valence-electron chi connectivity index (χ2n) is 5.37. The van der Waals surface area contributed by atoms with Gasteiger partial charge in [-0.15, -0.1) is 0 Å². The predicted molar refractivity (Wildman–Crippen MR) is 80.6 cm³/mol. The number of thiocarbonyl (C=S) groups is 1. The Hall–Kier alpha value is -0.930. The summed E-state index contributed by atoms with van der Waals surface area (Å²) in [4.78, 5) is 3.03. The van der Waals surface area contributed by atoms with E-state index in [0.29, 0.717) is 4.99 Å². The summed E-state index contributed by atoms with van der Waals surface area (Å²) in [6.07, 6.45) is 4.02. The Morgan fingerprint density at radius 1 is 1.28 bits per heavy atom. The molecule has 2 rings (SSSR count). The fraction of sp³-hybridized carbons (Fsp3) is 0.533. The van der Waals surface area contributed by atoms with Gasteiger partial charge in [0.25, 0.3) is 0 Å². The predicted octanol–water partition coefficient (Wildman–Crippen LogP) is 2.94. The molecule has 0 spiro atoms. The van der Waals surface area contributed by atoms with Crippen LogP contribution < -0.4 is 5.73 Å². The summed E-state index contributed by atoms with van der Waals surface area (Å²) in [5.41, 5.74) is 7.91. The lowest BCUT2D eigenvalue weighted by Gasteiger charge is -2.20. The van der Waals surface area contributed by atoms with Crippen molar-refractivity contribution in [3.63, 3.8) is 0 Å². The van der Waals surface area contributed by atoms with Gasteiger partial charge in [-0.2, -0.15) is 0 Å². The quantitative estimate of drug-likeness (QED) is 0.849. The molecule has 0 amide bonds. The van der Waals surface area contributed by atoms with E-state index in [1.807, 2.05) is 12.1 Å². The van der Waals surface area contributed by atoms with Crippen LogP contribution in [0.25, 0.3) is 0 Å². The highest BCUT2D eigenvalue weighted by Gasteiger charge is 2.13. The third kappa shape index (κ3) is 3.79. The number of rotatable bonds is 3. The monoisotopic (exact) mass is 262 g/mol. The maximum atomic E-state index is 5.61. The molecule has 1 fully saturated rings. The molecular weight excluding hydrogens is 240 g/mol. The molecule has 0 bridgehead atoms. The number of likely N-dealkylation sites (tertiary alicyclic amines) is 1. The lowest BCUT2D eigenvalue weighted by Crippen LogP contribution is -2.24. The van der Waals surface area contributed by atoms with E-state index in [1.54, 1.807) is 0 Å². The van der Waals surface area contributed by atoms with Crippen LogP contribution in [0.1, 0.15) is 37.3 Å². The van der Waals surface area contributed by atoms with Crippen LogP contribution in [-0.2, 0) is 6.54 Å². The molecule has 1 saturated heterocycles. The summed E-state index contributed by atoms with van der Waals surface area (Å²) in [5.74, 6) is 0.881. The van der Waals surface area contributed by atoms with Crippen molar-refractivity contribution in [2.24, 2.45) is 11.7 Å². The molecule has 1 atom stereocenters. The third-order valence-corrected chi connectivity index (χ3v) is 3.99. The highest BCUT2D eigenvalue weighted by Crippen LogP contribution is 2.18. The van der Waals surface area contributed by atoms with Crippen LogP contribution in [-0.4, -0.2) is 23.0 Å². The van der Waals surface area contributed by atoms with Gasteiger partial charge in [0.2, 0.25) is 0 Å². The first kappa shape index (κ1) is 13.5. The Bertz CT molecular complexity index is 399. The van der Waals surface area contributed by atoms with Crippen molar-refractivity contribution in [1.82, 2.24) is 4.90 Å². The van der Waals surface area contributed by atoms with Crippen molar-refractivity contribution >= 4 is 17.2 Å². The maximum Gasteiger partial charge on any atom is 0.103 e. The molecule has 0 aliphatic carbocycles. The fourth-order valence-electron chi connectivity index (χ4n) is 2.51. The van der Waals surface area contributed by atoms with E-state index in [2.05, 4.69) is 24.0 Å². The van der Waals surface area contributed by atoms with Crippen LogP contribution in [0.3, 0.4) is 0 Å². The molecule has 2 N–H and O–H groups in total. The number of nitrogens with zero attached hydrogens (tertiary/aromatic N) is 1. The van der Waals surface area contributed by atoms with Crippen LogP contribution >= 0.6 is 12.2 Å². The van der Waals surface area contributed by atoms with Crippen LogP contribution in [0, 0.1) is 5.92 Å². The van der Waals surface area contributed by atoms with Crippen LogP contribution in [0.4, 0.5) is 0 Å². The zero-order valence-electron chi connectivity index (χ0n) is 11.1. The standard InChI is InChI=1S/C15H22N2S/c1-12-3-2-9-17(10-8-12)11-13-4-6-14(7-5-13)15(16)18/h4-7,12H,2-3,8-11H2,1H3,(H2,16,18). The molecular formula is C15H22N2S. The Morgan fingerprint density at radius 3 is 2.67 bits per heavy atom. The summed E-state index contributed by atoms with van der Waals surface area (Å²) < 4.78 is 0. The first-order valence-corrected chi connectivity index (χ1v) is 7.17. The average Bonchev–Trinajstić information content (AvgIpc) is 2.55. The van der Waals surface area contributed by atoms with Crippen LogP contribution in [0.2, 0.25) is 0 Å². The lowest BCUT2D eigenvalue weighted by atomic mass is 10.0. The molecule has 0 radical (unpaired) electrons. The fourth-order valence-corrected chi connectivity index (χ4v) is 2.65. The number of hydrogen-bond donors (Lipinski definition) is 1. The van der Waals surface area contributed by atoms with Crippen molar-refractivity contribution in [2.45, 2.75) is 32.7 Å². The summed E-state index contributed by atoms with van der Waals surface area (Å²) >= 11 is 4.96. The van der Waals surface area contributed by atoms with Crippen molar-refractivity contribution in [2.75, 3.05) is 13.1 Å². The highest BCUT2D eigenvalue weighted by atomic mass is 32.1. The number of nitrogens with two attached hydrogens (primary N) is 1. The van der Waals surface area contributed by atoms with Gasteiger partial charge in [0, 0.05) is 12.1 Å². The minimum absolute atomic E-state index is 0.477. The van der Waals surface area contributed by atoms with Gasteiger partial charge in [0.15, 0.2) is 0 Å². The molecule has 1 unspecified atom stereocenters. The summed E-state index contributed by atoms with van der Waals surface area (Å²) in [6.45, 7) is 5.85. The van der Waals surface area contributed by atoms with E-state index in [0.717, 1.165) is 18.0 Å².